The molecule has 1 unspecified atom stereocenters. The van der Waals surface area contributed by atoms with E-state index >= 15 is 0 Å². The molecule has 3 fully saturated rings. The van der Waals surface area contributed by atoms with Crippen LogP contribution in [0.1, 0.15) is 37.3 Å². The summed E-state index contributed by atoms with van der Waals surface area (Å²) in [5.41, 5.74) is 3.13. The average Bonchev–Trinajstić information content (AvgIpc) is 2.96. The van der Waals surface area contributed by atoms with Gasteiger partial charge in [0.1, 0.15) is 6.04 Å². The number of nitrogens with zero attached hydrogens (tertiary/aromatic N) is 3. The van der Waals surface area contributed by atoms with Gasteiger partial charge >= 0.3 is 5.69 Å². The minimum absolute atomic E-state index is 0.216. The smallest absolute Gasteiger partial charge is 0.316 e. The number of aromatic nitrogens is 2. The van der Waals surface area contributed by atoms with Crippen molar-refractivity contribution >= 4 is 22.8 Å². The van der Waals surface area contributed by atoms with E-state index in [0.717, 1.165) is 37.1 Å². The van der Waals surface area contributed by atoms with Crippen molar-refractivity contribution in [2.45, 2.75) is 38.1 Å². The summed E-state index contributed by atoms with van der Waals surface area (Å²) in [6.07, 6.45) is 4.12. The number of imidazole rings is 1. The Morgan fingerprint density at radius 3 is 2.53 bits per heavy atom. The molecule has 3 aliphatic heterocycles. The van der Waals surface area contributed by atoms with E-state index in [1.54, 1.807) is 11.6 Å². The monoisotopic (exact) mass is 411 g/mol. The lowest BCUT2D eigenvalue weighted by atomic mass is 9.73. The van der Waals surface area contributed by atoms with E-state index in [9.17, 15) is 14.4 Å². The minimum Gasteiger partial charge on any atom is -0.316 e. The molecule has 1 aromatic heterocycles. The second kappa shape index (κ2) is 7.35. The maximum Gasteiger partial charge on any atom is 0.329 e. The van der Waals surface area contributed by atoms with Crippen LogP contribution in [0.15, 0.2) is 23.0 Å². The van der Waals surface area contributed by atoms with Crippen molar-refractivity contribution in [1.82, 2.24) is 24.7 Å². The van der Waals surface area contributed by atoms with Crippen molar-refractivity contribution < 1.29 is 9.59 Å². The number of carbonyl (C=O) groups excluding carboxylic acids is 2. The van der Waals surface area contributed by atoms with E-state index in [4.69, 9.17) is 0 Å². The van der Waals surface area contributed by atoms with Crippen molar-refractivity contribution in [2.75, 3.05) is 32.7 Å². The molecule has 3 saturated heterocycles. The van der Waals surface area contributed by atoms with Crippen LogP contribution in [0.4, 0.5) is 0 Å². The van der Waals surface area contributed by atoms with Gasteiger partial charge in [-0.15, -0.1) is 0 Å². The first-order chi connectivity index (χ1) is 14.5. The molecule has 1 atom stereocenters. The molecule has 4 heterocycles. The molecular formula is C22H29N5O3. The van der Waals surface area contributed by atoms with Crippen molar-refractivity contribution in [3.63, 3.8) is 0 Å². The zero-order chi connectivity index (χ0) is 20.9. The Morgan fingerprint density at radius 1 is 1.10 bits per heavy atom. The highest BCUT2D eigenvalue weighted by atomic mass is 16.2. The van der Waals surface area contributed by atoms with Crippen molar-refractivity contribution in [3.8, 4) is 0 Å². The zero-order valence-electron chi connectivity index (χ0n) is 17.4. The molecule has 8 heteroatoms. The summed E-state index contributed by atoms with van der Waals surface area (Å²) in [7, 11) is 1.74. The molecule has 1 aromatic carbocycles. The minimum atomic E-state index is -0.633. The summed E-state index contributed by atoms with van der Waals surface area (Å²) >= 11 is 0. The number of imide groups is 1. The van der Waals surface area contributed by atoms with Crippen molar-refractivity contribution in [2.24, 2.45) is 12.5 Å². The molecular weight excluding hydrogens is 382 g/mol. The van der Waals surface area contributed by atoms with Gasteiger partial charge in [0.15, 0.2) is 0 Å². The molecule has 2 amide bonds. The summed E-state index contributed by atoms with van der Waals surface area (Å²) in [6, 6.07) is 5.44. The summed E-state index contributed by atoms with van der Waals surface area (Å²) in [5.74, 6) is -0.668. The van der Waals surface area contributed by atoms with E-state index < -0.39 is 11.9 Å². The zero-order valence-corrected chi connectivity index (χ0v) is 17.4. The van der Waals surface area contributed by atoms with E-state index in [1.165, 1.54) is 36.1 Å². The molecule has 30 heavy (non-hydrogen) atoms. The number of carbonyl (C=O) groups is 2. The molecule has 3 aliphatic rings. The average molecular weight is 412 g/mol. The van der Waals surface area contributed by atoms with Gasteiger partial charge in [-0.25, -0.2) is 4.79 Å². The van der Waals surface area contributed by atoms with Crippen LogP contribution in [0.5, 0.6) is 0 Å². The van der Waals surface area contributed by atoms with Gasteiger partial charge in [0.2, 0.25) is 11.8 Å². The largest absolute Gasteiger partial charge is 0.329 e. The maximum atomic E-state index is 12.9. The third-order valence-electron chi connectivity index (χ3n) is 7.31. The molecule has 0 bridgehead atoms. The fraction of sp³-hybridized carbons (Fsp3) is 0.591. The second-order valence-corrected chi connectivity index (χ2v) is 9.20. The number of fused-ring (bicyclic) bond motifs is 1. The topological polar surface area (TPSA) is 88.4 Å². The van der Waals surface area contributed by atoms with Crippen LogP contribution >= 0.6 is 0 Å². The Hall–Kier alpha value is -2.45. The number of rotatable bonds is 4. The Balaban J connectivity index is 1.32. The second-order valence-electron chi connectivity index (χ2n) is 9.20. The fourth-order valence-electron chi connectivity index (χ4n) is 5.16. The van der Waals surface area contributed by atoms with Crippen molar-refractivity contribution in [1.29, 1.82) is 0 Å². The van der Waals surface area contributed by atoms with Crippen molar-refractivity contribution in [3.05, 3.63) is 34.2 Å². The molecule has 0 radical (unpaired) electrons. The van der Waals surface area contributed by atoms with E-state index in [-0.39, 0.29) is 18.0 Å². The first kappa shape index (κ1) is 19.5. The Morgan fingerprint density at radius 2 is 1.87 bits per heavy atom. The van der Waals surface area contributed by atoms with Crippen LogP contribution in [-0.4, -0.2) is 58.6 Å². The van der Waals surface area contributed by atoms with Gasteiger partial charge in [0.05, 0.1) is 11.0 Å². The predicted octanol–water partition coefficient (Wildman–Crippen LogP) is 0.546. The highest BCUT2D eigenvalue weighted by molar-refractivity contribution is 6.00. The Labute approximate surface area is 175 Å². The molecule has 160 valence electrons. The van der Waals surface area contributed by atoms with Gasteiger partial charge in [0, 0.05) is 33.1 Å². The summed E-state index contributed by atoms with van der Waals surface area (Å²) in [4.78, 5) is 39.2. The summed E-state index contributed by atoms with van der Waals surface area (Å²) < 4.78 is 3.15. The molecule has 8 nitrogen and oxygen atoms in total. The molecule has 2 N–H and O–H groups in total. The number of aryl methyl sites for hydroxylation is 1. The van der Waals surface area contributed by atoms with Crippen LogP contribution in [0.2, 0.25) is 0 Å². The van der Waals surface area contributed by atoms with Gasteiger partial charge in [0.25, 0.3) is 0 Å². The lowest BCUT2D eigenvalue weighted by Crippen LogP contribution is -2.58. The first-order valence-corrected chi connectivity index (χ1v) is 10.9. The summed E-state index contributed by atoms with van der Waals surface area (Å²) in [6.45, 7) is 5.70. The van der Waals surface area contributed by atoms with Crippen LogP contribution in [0.25, 0.3) is 11.0 Å². The SMILES string of the molecule is Cn1c(=O)n(C2CCC(=O)NC2=O)c2ccc(CCN3CCC4(CC3)CNC4)cc21. The highest BCUT2D eigenvalue weighted by Gasteiger charge is 2.39. The van der Waals surface area contributed by atoms with Crippen LogP contribution in [-0.2, 0) is 23.1 Å². The molecule has 1 spiro atoms. The maximum absolute atomic E-state index is 12.9. The fourth-order valence-corrected chi connectivity index (χ4v) is 5.16. The van der Waals surface area contributed by atoms with Gasteiger partial charge in [-0.2, -0.15) is 0 Å². The number of hydrogen-bond donors (Lipinski definition) is 2. The van der Waals surface area contributed by atoms with Crippen LogP contribution < -0.4 is 16.3 Å². The number of hydrogen-bond acceptors (Lipinski definition) is 5. The molecule has 2 aromatic rings. The molecule has 5 rings (SSSR count). The molecule has 0 saturated carbocycles. The van der Waals surface area contributed by atoms with Crippen LogP contribution in [0, 0.1) is 5.41 Å². The predicted molar refractivity (Wildman–Crippen MR) is 113 cm³/mol. The van der Waals surface area contributed by atoms with E-state index in [1.807, 2.05) is 6.07 Å². The molecule has 0 aliphatic carbocycles. The van der Waals surface area contributed by atoms with E-state index in [2.05, 4.69) is 27.7 Å². The Bertz CT molecular complexity index is 1050. The Kier molecular flexibility index (Phi) is 4.78. The van der Waals surface area contributed by atoms with Gasteiger partial charge in [-0.1, -0.05) is 6.07 Å². The summed E-state index contributed by atoms with van der Waals surface area (Å²) in [5, 5.41) is 5.77. The lowest BCUT2D eigenvalue weighted by Gasteiger charge is -2.48. The quantitative estimate of drug-likeness (QED) is 0.718. The van der Waals surface area contributed by atoms with Gasteiger partial charge < -0.3 is 10.2 Å². The number of likely N-dealkylation sites (tertiary alicyclic amines) is 1. The van der Waals surface area contributed by atoms with Crippen LogP contribution in [0.3, 0.4) is 0 Å². The third-order valence-corrected chi connectivity index (χ3v) is 7.31. The number of nitrogens with one attached hydrogen (secondary N) is 2. The number of amides is 2. The number of benzene rings is 1. The lowest BCUT2D eigenvalue weighted by molar-refractivity contribution is -0.135. The normalized spacial score (nSPS) is 24.2. The first-order valence-electron chi connectivity index (χ1n) is 10.9. The highest BCUT2D eigenvalue weighted by Crippen LogP contribution is 2.35. The standard InChI is InChI=1S/C22H29N5O3/c1-25-18-12-15(6-9-26-10-7-22(8-11-26)13-23-14-22)2-3-16(18)27(21(25)30)17-4-5-19(28)24-20(17)29/h2-3,12,17,23H,4-11,13-14H2,1H3,(H,24,28,29). The van der Waals surface area contributed by atoms with E-state index in [0.29, 0.717) is 11.8 Å². The van der Waals surface area contributed by atoms with Gasteiger partial charge in [-0.05, 0) is 61.9 Å². The number of piperidine rings is 2. The van der Waals surface area contributed by atoms with Gasteiger partial charge in [-0.3, -0.25) is 24.0 Å². The third kappa shape index (κ3) is 3.28.